The molecule has 0 saturated heterocycles. The van der Waals surface area contributed by atoms with E-state index in [0.29, 0.717) is 34.5 Å². The van der Waals surface area contributed by atoms with Crippen LogP contribution in [-0.2, 0) is 16.1 Å². The Balaban J connectivity index is 2.18. The molecule has 0 bridgehead atoms. The Hall–Kier alpha value is -2.68. The lowest BCUT2D eigenvalue weighted by atomic mass is 10.1. The summed E-state index contributed by atoms with van der Waals surface area (Å²) in [5.41, 5.74) is 5.36. The number of nitrogens with two attached hydrogens (primary N) is 1. The molecule has 1 heterocycles. The Kier molecular flexibility index (Phi) is 6.90. The number of amides is 2. The van der Waals surface area contributed by atoms with Gasteiger partial charge < -0.3 is 24.9 Å². The van der Waals surface area contributed by atoms with Gasteiger partial charge in [0.15, 0.2) is 0 Å². The van der Waals surface area contributed by atoms with Gasteiger partial charge in [0, 0.05) is 23.1 Å². The van der Waals surface area contributed by atoms with Gasteiger partial charge in [-0.25, -0.2) is 14.4 Å². The average Bonchev–Trinajstić information content (AvgIpc) is 2.61. The van der Waals surface area contributed by atoms with Gasteiger partial charge in [0.1, 0.15) is 24.0 Å². The molecule has 0 radical (unpaired) electrons. The van der Waals surface area contributed by atoms with Gasteiger partial charge in [0.25, 0.3) is 0 Å². The number of methoxy groups -OCH3 is 1. The summed E-state index contributed by atoms with van der Waals surface area (Å²) in [6.45, 7) is -0.135. The van der Waals surface area contributed by atoms with Crippen molar-refractivity contribution in [3.8, 4) is 5.75 Å². The first-order chi connectivity index (χ1) is 12.4. The second-order valence-electron chi connectivity index (χ2n) is 5.40. The molecule has 0 unspecified atom stereocenters. The third kappa shape index (κ3) is 5.16. The van der Waals surface area contributed by atoms with Crippen LogP contribution in [0.3, 0.4) is 0 Å². The van der Waals surface area contributed by atoms with E-state index in [2.05, 4.69) is 5.32 Å². The second kappa shape index (κ2) is 9.14. The summed E-state index contributed by atoms with van der Waals surface area (Å²) in [5, 5.41) is 3.00. The van der Waals surface area contributed by atoms with Crippen LogP contribution in [0.15, 0.2) is 33.5 Å². The molecule has 0 spiro atoms. The average molecular weight is 380 g/mol. The second-order valence-corrected chi connectivity index (χ2v) is 6.39. The maximum atomic E-state index is 12.3. The van der Waals surface area contributed by atoms with Crippen LogP contribution in [0.25, 0.3) is 11.0 Å². The minimum atomic E-state index is -0.841. The number of rotatable bonds is 8. The first-order valence-electron chi connectivity index (χ1n) is 7.77. The number of thioether (sulfide) groups is 1. The van der Waals surface area contributed by atoms with E-state index in [-0.39, 0.29) is 6.61 Å². The zero-order valence-corrected chi connectivity index (χ0v) is 15.3. The van der Waals surface area contributed by atoms with E-state index in [0.717, 1.165) is 0 Å². The lowest BCUT2D eigenvalue weighted by Crippen LogP contribution is -2.44. The number of carbonyl (C=O) groups excluding carboxylic acids is 2. The van der Waals surface area contributed by atoms with Crippen molar-refractivity contribution in [3.05, 3.63) is 40.2 Å². The Labute approximate surface area is 154 Å². The molecule has 2 rings (SSSR count). The van der Waals surface area contributed by atoms with Crippen LogP contribution in [0.2, 0.25) is 0 Å². The van der Waals surface area contributed by atoms with Gasteiger partial charge in [0.2, 0.25) is 0 Å². The summed E-state index contributed by atoms with van der Waals surface area (Å²) in [6, 6.07) is 4.63. The van der Waals surface area contributed by atoms with Gasteiger partial charge in [-0.2, -0.15) is 11.8 Å². The minimum Gasteiger partial charge on any atom is -0.497 e. The van der Waals surface area contributed by atoms with E-state index < -0.39 is 23.7 Å². The highest BCUT2D eigenvalue weighted by Crippen LogP contribution is 2.23. The molecule has 1 atom stereocenters. The molecule has 2 amide bonds. The van der Waals surface area contributed by atoms with Crippen LogP contribution in [0.1, 0.15) is 12.0 Å². The summed E-state index contributed by atoms with van der Waals surface area (Å²) < 4.78 is 15.5. The zero-order chi connectivity index (χ0) is 19.1. The van der Waals surface area contributed by atoms with Crippen molar-refractivity contribution in [2.75, 3.05) is 19.1 Å². The van der Waals surface area contributed by atoms with Crippen LogP contribution in [0.4, 0.5) is 4.79 Å². The van der Waals surface area contributed by atoms with Crippen molar-refractivity contribution >= 4 is 34.7 Å². The fourth-order valence-corrected chi connectivity index (χ4v) is 2.83. The van der Waals surface area contributed by atoms with Crippen molar-refractivity contribution in [1.29, 1.82) is 0 Å². The molecule has 140 valence electrons. The van der Waals surface area contributed by atoms with E-state index in [1.807, 2.05) is 6.26 Å². The molecule has 8 nitrogen and oxygen atoms in total. The molecule has 0 fully saturated rings. The number of urea groups is 1. The van der Waals surface area contributed by atoms with Crippen molar-refractivity contribution < 1.29 is 23.5 Å². The highest BCUT2D eigenvalue weighted by Gasteiger charge is 2.21. The van der Waals surface area contributed by atoms with Gasteiger partial charge in [-0.3, -0.25) is 0 Å². The Morgan fingerprint density at radius 2 is 2.12 bits per heavy atom. The molecule has 1 aromatic carbocycles. The Bertz CT molecular complexity index is 851. The first kappa shape index (κ1) is 19.6. The highest BCUT2D eigenvalue weighted by atomic mass is 32.2. The number of benzene rings is 1. The number of nitrogens with one attached hydrogen (secondary N) is 1. The number of fused-ring (bicyclic) bond motifs is 1. The van der Waals surface area contributed by atoms with Gasteiger partial charge >= 0.3 is 17.6 Å². The van der Waals surface area contributed by atoms with Crippen molar-refractivity contribution in [1.82, 2.24) is 5.32 Å². The fraction of sp³-hybridized carbons (Fsp3) is 0.353. The van der Waals surface area contributed by atoms with Crippen LogP contribution < -0.4 is 21.4 Å². The van der Waals surface area contributed by atoms with E-state index in [9.17, 15) is 14.4 Å². The summed E-state index contributed by atoms with van der Waals surface area (Å²) in [5.74, 6) is 0.572. The number of hydrogen-bond acceptors (Lipinski definition) is 7. The molecular weight excluding hydrogens is 360 g/mol. The summed E-state index contributed by atoms with van der Waals surface area (Å²) in [7, 11) is 1.51. The van der Waals surface area contributed by atoms with Gasteiger partial charge in [-0.05, 0) is 30.6 Å². The van der Waals surface area contributed by atoms with Crippen LogP contribution in [0, 0.1) is 0 Å². The largest absolute Gasteiger partial charge is 0.497 e. The third-order valence-electron chi connectivity index (χ3n) is 3.62. The van der Waals surface area contributed by atoms with Gasteiger partial charge in [0.05, 0.1) is 7.11 Å². The monoisotopic (exact) mass is 380 g/mol. The summed E-state index contributed by atoms with van der Waals surface area (Å²) in [4.78, 5) is 35.1. The van der Waals surface area contributed by atoms with E-state index in [1.54, 1.807) is 18.2 Å². The number of esters is 1. The summed E-state index contributed by atoms with van der Waals surface area (Å²) in [6.07, 6.45) is 2.27. The van der Waals surface area contributed by atoms with Crippen molar-refractivity contribution in [2.24, 2.45) is 5.73 Å². The van der Waals surface area contributed by atoms with Crippen LogP contribution in [-0.4, -0.2) is 37.2 Å². The molecule has 0 saturated carbocycles. The maximum absolute atomic E-state index is 12.3. The normalized spacial score (nSPS) is 11.8. The number of carbonyl (C=O) groups is 2. The topological polar surface area (TPSA) is 121 Å². The lowest BCUT2D eigenvalue weighted by Gasteiger charge is -2.16. The van der Waals surface area contributed by atoms with Gasteiger partial charge in [-0.15, -0.1) is 0 Å². The highest BCUT2D eigenvalue weighted by molar-refractivity contribution is 7.98. The first-order valence-corrected chi connectivity index (χ1v) is 9.16. The molecule has 1 aromatic heterocycles. The van der Waals surface area contributed by atoms with Gasteiger partial charge in [-0.1, -0.05) is 0 Å². The van der Waals surface area contributed by atoms with Crippen molar-refractivity contribution in [3.63, 3.8) is 0 Å². The SMILES string of the molecule is COc1ccc2c(COC(=O)[C@@H](CCSC)NC(N)=O)cc(=O)oc2c1. The third-order valence-corrected chi connectivity index (χ3v) is 4.26. The predicted molar refractivity (Wildman–Crippen MR) is 98.3 cm³/mol. The molecule has 9 heteroatoms. The van der Waals surface area contributed by atoms with Crippen LogP contribution >= 0.6 is 11.8 Å². The lowest BCUT2D eigenvalue weighted by molar-refractivity contribution is -0.147. The molecule has 26 heavy (non-hydrogen) atoms. The van der Waals surface area contributed by atoms with Crippen LogP contribution in [0.5, 0.6) is 5.75 Å². The number of primary amides is 1. The summed E-state index contributed by atoms with van der Waals surface area (Å²) >= 11 is 1.53. The Morgan fingerprint density at radius 3 is 2.77 bits per heavy atom. The molecular formula is C17H20N2O6S. The van der Waals surface area contributed by atoms with Crippen molar-refractivity contribution in [2.45, 2.75) is 19.1 Å². The quantitative estimate of drug-likeness (QED) is 0.527. The molecule has 0 aliphatic rings. The van der Waals surface area contributed by atoms with E-state index >= 15 is 0 Å². The molecule has 0 aliphatic carbocycles. The molecule has 3 N–H and O–H groups in total. The maximum Gasteiger partial charge on any atom is 0.336 e. The minimum absolute atomic E-state index is 0.135. The van der Waals surface area contributed by atoms with E-state index in [1.165, 1.54) is 24.9 Å². The van der Waals surface area contributed by atoms with E-state index in [4.69, 9.17) is 19.6 Å². The fourth-order valence-electron chi connectivity index (χ4n) is 2.36. The standard InChI is InChI=1S/C17H20N2O6S/c1-23-11-3-4-12-10(7-15(20)25-14(12)8-11)9-24-16(21)13(5-6-26-2)19-17(18)22/h3-4,7-8,13H,5-6,9H2,1-2H3,(H3,18,19,22)/t13-/m1/s1. The Morgan fingerprint density at radius 1 is 1.35 bits per heavy atom. The number of ether oxygens (including phenoxy) is 2. The molecule has 0 aliphatic heterocycles. The zero-order valence-electron chi connectivity index (χ0n) is 14.4. The molecule has 2 aromatic rings. The smallest absolute Gasteiger partial charge is 0.336 e. The predicted octanol–water partition coefficient (Wildman–Crippen LogP) is 1.63. The number of hydrogen-bond donors (Lipinski definition) is 2.